The number of aromatic amines is 1. The molecule has 0 saturated heterocycles. The van der Waals surface area contributed by atoms with Crippen molar-refractivity contribution in [2.24, 2.45) is 0 Å². The number of hydrogen-bond acceptors (Lipinski definition) is 2. The van der Waals surface area contributed by atoms with Gasteiger partial charge in [-0.3, -0.25) is 4.79 Å². The fourth-order valence-electron chi connectivity index (χ4n) is 1.70. The number of hydrogen-bond donors (Lipinski definition) is 3. The molecule has 0 spiro atoms. The van der Waals surface area contributed by atoms with Gasteiger partial charge < -0.3 is 15.4 Å². The summed E-state index contributed by atoms with van der Waals surface area (Å²) in [5.41, 5.74) is 1.10. The van der Waals surface area contributed by atoms with Gasteiger partial charge in [-0.1, -0.05) is 0 Å². The molecule has 4 heteroatoms. The molecule has 0 aliphatic heterocycles. The van der Waals surface area contributed by atoms with E-state index < -0.39 is 0 Å². The Morgan fingerprint density at radius 2 is 2.06 bits per heavy atom. The molecule has 2 rings (SSSR count). The fourth-order valence-corrected chi connectivity index (χ4v) is 1.70. The first-order chi connectivity index (χ1) is 7.87. The van der Waals surface area contributed by atoms with Crippen LogP contribution in [0.25, 0.3) is 10.9 Å². The van der Waals surface area contributed by atoms with Gasteiger partial charge in [0.25, 0.3) is 5.91 Å². The number of carbonyl (C=O) groups excluding carboxylic acids is 1. The van der Waals surface area contributed by atoms with Crippen LogP contribution in [-0.4, -0.2) is 21.5 Å². The highest BCUT2D eigenvalue weighted by molar-refractivity contribution is 6.07. The number of carbonyl (C=O) groups is 1. The Labute approximate surface area is 99.7 Å². The molecule has 17 heavy (non-hydrogen) atoms. The Kier molecular flexibility index (Phi) is 2.58. The van der Waals surface area contributed by atoms with E-state index in [4.69, 9.17) is 0 Å². The molecule has 1 amide bonds. The van der Waals surface area contributed by atoms with Gasteiger partial charge in [0.2, 0.25) is 0 Å². The van der Waals surface area contributed by atoms with Crippen molar-refractivity contribution in [1.29, 1.82) is 0 Å². The van der Waals surface area contributed by atoms with Crippen molar-refractivity contribution in [3.63, 3.8) is 0 Å². The van der Waals surface area contributed by atoms with E-state index in [0.717, 1.165) is 10.9 Å². The average Bonchev–Trinajstić information content (AvgIpc) is 2.57. The van der Waals surface area contributed by atoms with Crippen molar-refractivity contribution in [2.45, 2.75) is 26.3 Å². The highest BCUT2D eigenvalue weighted by atomic mass is 16.3. The van der Waals surface area contributed by atoms with E-state index in [0.29, 0.717) is 5.56 Å². The van der Waals surface area contributed by atoms with E-state index in [1.807, 2.05) is 20.8 Å². The predicted molar refractivity (Wildman–Crippen MR) is 67.2 cm³/mol. The minimum Gasteiger partial charge on any atom is -0.508 e. The molecule has 4 nitrogen and oxygen atoms in total. The molecule has 0 radical (unpaired) electrons. The second kappa shape index (κ2) is 3.80. The van der Waals surface area contributed by atoms with Gasteiger partial charge in [0.05, 0.1) is 5.56 Å². The Balaban J connectivity index is 2.42. The van der Waals surface area contributed by atoms with Gasteiger partial charge >= 0.3 is 0 Å². The van der Waals surface area contributed by atoms with Gasteiger partial charge in [0.1, 0.15) is 5.75 Å². The van der Waals surface area contributed by atoms with E-state index in [-0.39, 0.29) is 17.2 Å². The van der Waals surface area contributed by atoms with Crippen molar-refractivity contribution in [3.8, 4) is 5.75 Å². The van der Waals surface area contributed by atoms with Crippen LogP contribution >= 0.6 is 0 Å². The first kappa shape index (κ1) is 11.5. The zero-order chi connectivity index (χ0) is 12.6. The second-order valence-electron chi connectivity index (χ2n) is 5.14. The summed E-state index contributed by atoms with van der Waals surface area (Å²) in [4.78, 5) is 15.0. The largest absolute Gasteiger partial charge is 0.508 e. The summed E-state index contributed by atoms with van der Waals surface area (Å²) in [7, 11) is 0. The van der Waals surface area contributed by atoms with Crippen LogP contribution in [-0.2, 0) is 0 Å². The third-order valence-electron chi connectivity index (χ3n) is 2.40. The maximum Gasteiger partial charge on any atom is 0.253 e. The minimum atomic E-state index is -0.280. The molecule has 1 aromatic carbocycles. The molecule has 2 aromatic rings. The normalized spacial score (nSPS) is 11.7. The van der Waals surface area contributed by atoms with Crippen LogP contribution < -0.4 is 5.32 Å². The first-order valence-corrected chi connectivity index (χ1v) is 5.49. The van der Waals surface area contributed by atoms with Crippen molar-refractivity contribution in [1.82, 2.24) is 10.3 Å². The van der Waals surface area contributed by atoms with Crippen molar-refractivity contribution < 1.29 is 9.90 Å². The lowest BCUT2D eigenvalue weighted by Gasteiger charge is -2.20. The molecular weight excluding hydrogens is 216 g/mol. The quantitative estimate of drug-likeness (QED) is 0.706. The topological polar surface area (TPSA) is 65.1 Å². The molecule has 1 heterocycles. The molecule has 3 N–H and O–H groups in total. The number of fused-ring (bicyclic) bond motifs is 1. The van der Waals surface area contributed by atoms with E-state index in [1.54, 1.807) is 24.4 Å². The van der Waals surface area contributed by atoms with E-state index in [1.165, 1.54) is 0 Å². The molecule has 0 aliphatic carbocycles. The number of aromatic hydroxyl groups is 1. The average molecular weight is 232 g/mol. The number of rotatable bonds is 1. The Morgan fingerprint density at radius 1 is 1.35 bits per heavy atom. The first-order valence-electron chi connectivity index (χ1n) is 5.49. The van der Waals surface area contributed by atoms with Gasteiger partial charge in [-0.2, -0.15) is 0 Å². The fraction of sp³-hybridized carbons (Fsp3) is 0.308. The Bertz CT molecular complexity index is 564. The second-order valence-corrected chi connectivity index (χ2v) is 5.14. The van der Waals surface area contributed by atoms with Gasteiger partial charge in [0, 0.05) is 22.6 Å². The van der Waals surface area contributed by atoms with Crippen LogP contribution in [0.1, 0.15) is 31.1 Å². The zero-order valence-corrected chi connectivity index (χ0v) is 10.2. The lowest BCUT2D eigenvalue weighted by molar-refractivity contribution is 0.0921. The predicted octanol–water partition coefficient (Wildman–Crippen LogP) is 2.40. The summed E-state index contributed by atoms with van der Waals surface area (Å²) < 4.78 is 0. The lowest BCUT2D eigenvalue weighted by atomic mass is 10.1. The molecule has 90 valence electrons. The van der Waals surface area contributed by atoms with Gasteiger partial charge in [-0.05, 0) is 39.0 Å². The standard InChI is InChI=1S/C13H16N2O2/c1-13(2,3)15-12(17)10-7-14-11-5-4-8(16)6-9(10)11/h4-7,14,16H,1-3H3,(H,15,17). The molecule has 0 aliphatic rings. The number of phenolic OH excluding ortho intramolecular Hbond substituents is 1. The maximum absolute atomic E-state index is 12.0. The zero-order valence-electron chi connectivity index (χ0n) is 10.2. The number of amides is 1. The van der Waals surface area contributed by atoms with Crippen LogP contribution in [0.2, 0.25) is 0 Å². The number of benzene rings is 1. The van der Waals surface area contributed by atoms with Gasteiger partial charge in [-0.25, -0.2) is 0 Å². The van der Waals surface area contributed by atoms with E-state index in [2.05, 4.69) is 10.3 Å². The van der Waals surface area contributed by atoms with E-state index in [9.17, 15) is 9.90 Å². The van der Waals surface area contributed by atoms with Crippen LogP contribution in [0, 0.1) is 0 Å². The van der Waals surface area contributed by atoms with Gasteiger partial charge in [0.15, 0.2) is 0 Å². The van der Waals surface area contributed by atoms with Crippen LogP contribution in [0.4, 0.5) is 0 Å². The number of phenols is 1. The number of H-pyrrole nitrogens is 1. The molecule has 0 fully saturated rings. The molecule has 0 atom stereocenters. The third-order valence-corrected chi connectivity index (χ3v) is 2.40. The van der Waals surface area contributed by atoms with Gasteiger partial charge in [-0.15, -0.1) is 0 Å². The van der Waals surface area contributed by atoms with Crippen LogP contribution in [0.5, 0.6) is 5.75 Å². The summed E-state index contributed by atoms with van der Waals surface area (Å²) in [6.07, 6.45) is 1.66. The van der Waals surface area contributed by atoms with E-state index >= 15 is 0 Å². The lowest BCUT2D eigenvalue weighted by Crippen LogP contribution is -2.40. The van der Waals surface area contributed by atoms with Crippen molar-refractivity contribution in [3.05, 3.63) is 30.0 Å². The smallest absolute Gasteiger partial charge is 0.253 e. The monoisotopic (exact) mass is 232 g/mol. The summed E-state index contributed by atoms with van der Waals surface area (Å²) >= 11 is 0. The molecule has 1 aromatic heterocycles. The third kappa shape index (κ3) is 2.41. The summed E-state index contributed by atoms with van der Waals surface area (Å²) in [6.45, 7) is 5.78. The SMILES string of the molecule is CC(C)(C)NC(=O)c1c[nH]c2ccc(O)cc12. The molecule has 0 bridgehead atoms. The van der Waals surface area contributed by atoms with Crippen molar-refractivity contribution in [2.75, 3.05) is 0 Å². The number of aromatic nitrogens is 1. The summed E-state index contributed by atoms with van der Waals surface area (Å²) in [5.74, 6) is 0.0104. The maximum atomic E-state index is 12.0. The number of nitrogens with one attached hydrogen (secondary N) is 2. The van der Waals surface area contributed by atoms with Crippen LogP contribution in [0.15, 0.2) is 24.4 Å². The highest BCUT2D eigenvalue weighted by Crippen LogP contribution is 2.23. The molecular formula is C13H16N2O2. The highest BCUT2D eigenvalue weighted by Gasteiger charge is 2.18. The Hall–Kier alpha value is -1.97. The van der Waals surface area contributed by atoms with Crippen molar-refractivity contribution >= 4 is 16.8 Å². The molecule has 0 unspecified atom stereocenters. The minimum absolute atomic E-state index is 0.144. The Morgan fingerprint density at radius 3 is 2.71 bits per heavy atom. The molecule has 0 saturated carbocycles. The summed E-state index contributed by atoms with van der Waals surface area (Å²) in [6, 6.07) is 4.92. The van der Waals surface area contributed by atoms with Crippen LogP contribution in [0.3, 0.4) is 0 Å². The summed E-state index contributed by atoms with van der Waals surface area (Å²) in [5, 5.41) is 13.1.